The van der Waals surface area contributed by atoms with E-state index in [2.05, 4.69) is 24.8 Å². The molecule has 0 aliphatic heterocycles. The van der Waals surface area contributed by atoms with Crippen molar-refractivity contribution >= 4 is 0 Å². The Morgan fingerprint density at radius 2 is 2.00 bits per heavy atom. The van der Waals surface area contributed by atoms with E-state index in [4.69, 9.17) is 4.74 Å². The topological polar surface area (TPSA) is 9.23 Å². The molecule has 1 aliphatic carbocycles. The van der Waals surface area contributed by atoms with Crippen LogP contribution in [0.3, 0.4) is 0 Å². The Balaban J connectivity index is 1.89. The van der Waals surface area contributed by atoms with Gasteiger partial charge in [0.05, 0.1) is 12.2 Å². The first kappa shape index (κ1) is 16.6. The molecule has 0 aromatic heterocycles. The lowest BCUT2D eigenvalue weighted by Gasteiger charge is -2.25. The van der Waals surface area contributed by atoms with Gasteiger partial charge >= 0.3 is 0 Å². The molecule has 1 aromatic rings. The Hall–Kier alpha value is -1.75. The Kier molecular flexibility index (Phi) is 6.52. The van der Waals surface area contributed by atoms with Gasteiger partial charge in [-0.15, -0.1) is 0 Å². The summed E-state index contributed by atoms with van der Waals surface area (Å²) in [5.41, 5.74) is 0.419. The van der Waals surface area contributed by atoms with Crippen molar-refractivity contribution < 1.29 is 9.13 Å². The number of hydrogen-bond acceptors (Lipinski definition) is 1. The van der Waals surface area contributed by atoms with Gasteiger partial charge in [-0.1, -0.05) is 31.3 Å². The lowest BCUT2D eigenvalue weighted by molar-refractivity contribution is 0.304. The quantitative estimate of drug-likeness (QED) is 0.681. The summed E-state index contributed by atoms with van der Waals surface area (Å²) in [7, 11) is 0. The standard InChI is InChI=1S/C20H25FO/c1-3-16-9-11-17(12-10-16)7-5-6-8-18-13-14-19(22-4-2)15-20(18)21/h5,7,13-17H,3-4,9-12H2,1-2H3/b7-5+/t16-,17-. The molecule has 0 unspecified atom stereocenters. The lowest BCUT2D eigenvalue weighted by Crippen LogP contribution is -2.11. The van der Waals surface area contributed by atoms with Crippen LogP contribution in [0.1, 0.15) is 51.5 Å². The first-order chi connectivity index (χ1) is 10.7. The van der Waals surface area contributed by atoms with E-state index in [9.17, 15) is 4.39 Å². The van der Waals surface area contributed by atoms with E-state index in [1.54, 1.807) is 12.1 Å². The predicted octanol–water partition coefficient (Wildman–Crippen LogP) is 5.35. The third-order valence-electron chi connectivity index (χ3n) is 4.38. The minimum atomic E-state index is -0.324. The Bertz CT molecular complexity index is 557. The molecule has 118 valence electrons. The van der Waals surface area contributed by atoms with E-state index < -0.39 is 0 Å². The highest BCUT2D eigenvalue weighted by atomic mass is 19.1. The van der Waals surface area contributed by atoms with Crippen molar-refractivity contribution in [3.8, 4) is 17.6 Å². The van der Waals surface area contributed by atoms with E-state index >= 15 is 0 Å². The summed E-state index contributed by atoms with van der Waals surface area (Å²) in [5, 5.41) is 0. The summed E-state index contributed by atoms with van der Waals surface area (Å²) < 4.78 is 19.1. The lowest BCUT2D eigenvalue weighted by atomic mass is 9.81. The third-order valence-corrected chi connectivity index (χ3v) is 4.38. The van der Waals surface area contributed by atoms with Crippen LogP contribution in [0.5, 0.6) is 5.75 Å². The summed E-state index contributed by atoms with van der Waals surface area (Å²) in [5.74, 6) is 7.61. The molecular formula is C20H25FO. The van der Waals surface area contributed by atoms with Crippen LogP contribution in [0, 0.1) is 29.5 Å². The second-order valence-corrected chi connectivity index (χ2v) is 5.89. The van der Waals surface area contributed by atoms with Crippen molar-refractivity contribution in [3.05, 3.63) is 41.7 Å². The molecule has 2 heteroatoms. The minimum absolute atomic E-state index is 0.324. The number of benzene rings is 1. The SMILES string of the molecule is CCOc1ccc(C#C/C=C/[C@H]2CC[C@H](CC)CC2)c(F)c1. The van der Waals surface area contributed by atoms with Gasteiger partial charge in [0.1, 0.15) is 11.6 Å². The van der Waals surface area contributed by atoms with E-state index in [0.717, 1.165) is 5.92 Å². The average Bonchev–Trinajstić information content (AvgIpc) is 2.54. The molecule has 22 heavy (non-hydrogen) atoms. The maximum Gasteiger partial charge on any atom is 0.142 e. The van der Waals surface area contributed by atoms with Gasteiger partial charge in [-0.2, -0.15) is 0 Å². The monoisotopic (exact) mass is 300 g/mol. The fraction of sp³-hybridized carbons (Fsp3) is 0.500. The van der Waals surface area contributed by atoms with Crippen LogP contribution in [0.4, 0.5) is 4.39 Å². The molecule has 0 amide bonds. The summed E-state index contributed by atoms with van der Waals surface area (Å²) in [6, 6.07) is 4.82. The molecule has 1 saturated carbocycles. The van der Waals surface area contributed by atoms with Crippen LogP contribution < -0.4 is 4.74 Å². The zero-order valence-corrected chi connectivity index (χ0v) is 13.6. The molecule has 1 nitrogen and oxygen atoms in total. The summed E-state index contributed by atoms with van der Waals surface area (Å²) >= 11 is 0. The van der Waals surface area contributed by atoms with Crippen LogP contribution in [0.2, 0.25) is 0 Å². The summed E-state index contributed by atoms with van der Waals surface area (Å²) in [4.78, 5) is 0. The second-order valence-electron chi connectivity index (χ2n) is 5.89. The van der Waals surface area contributed by atoms with Gasteiger partial charge in [0.15, 0.2) is 0 Å². The zero-order valence-electron chi connectivity index (χ0n) is 13.6. The van der Waals surface area contributed by atoms with Crippen LogP contribution >= 0.6 is 0 Å². The zero-order chi connectivity index (χ0) is 15.8. The molecule has 1 fully saturated rings. The predicted molar refractivity (Wildman–Crippen MR) is 89.3 cm³/mol. The molecule has 0 N–H and O–H groups in total. The minimum Gasteiger partial charge on any atom is -0.494 e. The molecule has 1 aromatic carbocycles. The second kappa shape index (κ2) is 8.63. The largest absolute Gasteiger partial charge is 0.494 e. The number of halogens is 1. The number of hydrogen-bond donors (Lipinski definition) is 0. The van der Waals surface area contributed by atoms with E-state index in [1.165, 1.54) is 38.2 Å². The van der Waals surface area contributed by atoms with Gasteiger partial charge in [-0.05, 0) is 62.7 Å². The van der Waals surface area contributed by atoms with Crippen molar-refractivity contribution in [1.29, 1.82) is 0 Å². The maximum absolute atomic E-state index is 13.8. The normalized spacial score (nSPS) is 21.4. The van der Waals surface area contributed by atoms with E-state index in [0.29, 0.717) is 23.8 Å². The van der Waals surface area contributed by atoms with Crippen LogP contribution in [-0.2, 0) is 0 Å². The smallest absolute Gasteiger partial charge is 0.142 e. The molecule has 0 saturated heterocycles. The molecule has 0 bridgehead atoms. The molecular weight excluding hydrogens is 275 g/mol. The van der Waals surface area contributed by atoms with E-state index in [1.807, 2.05) is 13.0 Å². The molecule has 0 radical (unpaired) electrons. The van der Waals surface area contributed by atoms with Crippen molar-refractivity contribution in [2.45, 2.75) is 46.0 Å². The van der Waals surface area contributed by atoms with Gasteiger partial charge in [-0.25, -0.2) is 4.39 Å². The van der Waals surface area contributed by atoms with Crippen molar-refractivity contribution in [3.63, 3.8) is 0 Å². The van der Waals surface area contributed by atoms with Crippen molar-refractivity contribution in [2.24, 2.45) is 11.8 Å². The number of ether oxygens (including phenoxy) is 1. The van der Waals surface area contributed by atoms with Crippen molar-refractivity contribution in [2.75, 3.05) is 6.61 Å². The molecule has 0 heterocycles. The van der Waals surface area contributed by atoms with Crippen LogP contribution in [-0.4, -0.2) is 6.61 Å². The van der Waals surface area contributed by atoms with E-state index in [-0.39, 0.29) is 5.82 Å². The average molecular weight is 300 g/mol. The third kappa shape index (κ3) is 4.91. The molecule has 0 atom stereocenters. The fourth-order valence-corrected chi connectivity index (χ4v) is 2.95. The molecule has 0 spiro atoms. The van der Waals surface area contributed by atoms with Crippen LogP contribution in [0.15, 0.2) is 30.4 Å². The van der Waals surface area contributed by atoms with Gasteiger partial charge in [0, 0.05) is 6.07 Å². The first-order valence-electron chi connectivity index (χ1n) is 8.33. The highest BCUT2D eigenvalue weighted by molar-refractivity contribution is 5.41. The molecule has 1 aliphatic rings. The maximum atomic E-state index is 13.8. The Morgan fingerprint density at radius 1 is 1.23 bits per heavy atom. The van der Waals surface area contributed by atoms with Gasteiger partial charge in [0.25, 0.3) is 0 Å². The molecule has 2 rings (SSSR count). The Labute approximate surface area is 133 Å². The summed E-state index contributed by atoms with van der Waals surface area (Å²) in [6.07, 6.45) is 10.5. The number of allylic oxidation sites excluding steroid dienone is 2. The summed E-state index contributed by atoms with van der Waals surface area (Å²) in [6.45, 7) is 4.69. The highest BCUT2D eigenvalue weighted by Crippen LogP contribution is 2.31. The van der Waals surface area contributed by atoms with Crippen LogP contribution in [0.25, 0.3) is 0 Å². The Morgan fingerprint density at radius 3 is 2.64 bits per heavy atom. The van der Waals surface area contributed by atoms with Crippen molar-refractivity contribution in [1.82, 2.24) is 0 Å². The first-order valence-corrected chi connectivity index (χ1v) is 8.33. The van der Waals surface area contributed by atoms with Gasteiger partial charge < -0.3 is 4.74 Å². The highest BCUT2D eigenvalue weighted by Gasteiger charge is 2.17. The van der Waals surface area contributed by atoms with Gasteiger partial charge in [0.2, 0.25) is 0 Å². The van der Waals surface area contributed by atoms with Gasteiger partial charge in [-0.3, -0.25) is 0 Å². The number of rotatable bonds is 4. The fourth-order valence-electron chi connectivity index (χ4n) is 2.95.